The Hall–Kier alpha value is -4.06. The van der Waals surface area contributed by atoms with Gasteiger partial charge in [0.05, 0.1) is 11.2 Å². The molecule has 0 saturated carbocycles. The van der Waals surface area contributed by atoms with E-state index in [1.54, 1.807) is 79.7 Å². The maximum Gasteiger partial charge on any atom is 0.417 e. The number of carbonyl (C=O) groups is 2. The Bertz CT molecular complexity index is 1590. The smallest absolute Gasteiger partial charge is 0.390 e. The van der Waals surface area contributed by atoms with E-state index in [9.17, 15) is 27.9 Å². The lowest BCUT2D eigenvalue weighted by molar-refractivity contribution is -0.136. The number of amides is 1. The van der Waals surface area contributed by atoms with Crippen LogP contribution >= 0.6 is 11.3 Å². The number of halogens is 3. The molecule has 1 saturated heterocycles. The van der Waals surface area contributed by atoms with Crippen LogP contribution < -0.4 is 11.1 Å². The number of nitrogens with two attached hydrogens (primary N) is 1. The molecule has 5 rings (SSSR count). The van der Waals surface area contributed by atoms with Crippen LogP contribution in [0.4, 0.5) is 19.0 Å². The number of aliphatic hydroxyl groups is 1. The zero-order valence-electron chi connectivity index (χ0n) is 23.8. The summed E-state index contributed by atoms with van der Waals surface area (Å²) >= 11 is 1.15. The first-order valence-corrected chi connectivity index (χ1v) is 14.5. The Kier molecular flexibility index (Phi) is 10.0. The number of likely N-dealkylation sites (tertiary alicyclic amines) is 1. The number of anilines is 1. The van der Waals surface area contributed by atoms with Crippen molar-refractivity contribution in [2.24, 2.45) is 0 Å². The third-order valence-electron chi connectivity index (χ3n) is 7.09. The molecule has 2 aromatic heterocycles. The van der Waals surface area contributed by atoms with E-state index in [2.05, 4.69) is 10.3 Å². The maximum absolute atomic E-state index is 13.8. The van der Waals surface area contributed by atoms with Gasteiger partial charge >= 0.3 is 6.18 Å². The molecule has 1 amide bonds. The first kappa shape index (κ1) is 31.9. The minimum Gasteiger partial charge on any atom is -0.390 e. The highest BCUT2D eigenvalue weighted by Crippen LogP contribution is 2.41. The van der Waals surface area contributed by atoms with Crippen LogP contribution in [0.5, 0.6) is 0 Å². The molecule has 0 unspecified atom stereocenters. The number of aldehydes is 1. The highest BCUT2D eigenvalue weighted by atomic mass is 32.1. The fourth-order valence-corrected chi connectivity index (χ4v) is 5.87. The summed E-state index contributed by atoms with van der Waals surface area (Å²) in [6, 6.07) is 14.9. The number of rotatable bonds is 6. The summed E-state index contributed by atoms with van der Waals surface area (Å²) in [5.74, 6) is 0.348. The summed E-state index contributed by atoms with van der Waals surface area (Å²) in [4.78, 5) is 29.1. The summed E-state index contributed by atoms with van der Waals surface area (Å²) in [6.45, 7) is 3.23. The van der Waals surface area contributed by atoms with E-state index in [0.717, 1.165) is 28.1 Å². The van der Waals surface area contributed by atoms with Crippen LogP contribution in [0, 0.1) is 0 Å². The second-order valence-electron chi connectivity index (χ2n) is 10.6. The quantitative estimate of drug-likeness (QED) is 0.178. The number of allylic oxidation sites excluding steroid dienone is 1. The zero-order chi connectivity index (χ0) is 31.2. The molecule has 3 heterocycles. The minimum absolute atomic E-state index is 0.131. The standard InChI is InChI=1S/C24H25F3N2O2S.C8H8N2O/c1-23(31)7-9-29(10-8-23)22(30)16-5-3-15(4-6-16)17-11-18-12-19(14-28-2)32-21(18)20(13-17)24(25,26)27;9-8-4-3-7(6-10-8)2-1-5-11/h3-6,11-13,28,31H,7-10,14H2,1-2H3;1-6H,(H2,9,10)/b;2-1+. The van der Waals surface area contributed by atoms with Crippen LogP contribution in [0.15, 0.2) is 66.9 Å². The van der Waals surface area contributed by atoms with E-state index in [1.807, 2.05) is 0 Å². The Morgan fingerprint density at radius 1 is 1.12 bits per heavy atom. The summed E-state index contributed by atoms with van der Waals surface area (Å²) in [5, 5.41) is 13.6. The highest BCUT2D eigenvalue weighted by molar-refractivity contribution is 7.19. The molecule has 11 heteroatoms. The van der Waals surface area contributed by atoms with Crippen LogP contribution in [-0.4, -0.2) is 52.9 Å². The summed E-state index contributed by atoms with van der Waals surface area (Å²) in [5.41, 5.74) is 6.40. The van der Waals surface area contributed by atoms with Crippen molar-refractivity contribution in [3.63, 3.8) is 0 Å². The van der Waals surface area contributed by atoms with Gasteiger partial charge in [-0.05, 0) is 97.4 Å². The number of fused-ring (bicyclic) bond motifs is 1. The van der Waals surface area contributed by atoms with Gasteiger partial charge in [0, 0.05) is 41.0 Å². The summed E-state index contributed by atoms with van der Waals surface area (Å²) < 4.78 is 41.5. The number of thiophene rings is 1. The third-order valence-corrected chi connectivity index (χ3v) is 8.28. The number of hydrogen-bond acceptors (Lipinski definition) is 7. The number of carbonyl (C=O) groups excluding carboxylic acids is 2. The first-order chi connectivity index (χ1) is 20.4. The zero-order valence-corrected chi connectivity index (χ0v) is 24.6. The first-order valence-electron chi connectivity index (χ1n) is 13.6. The van der Waals surface area contributed by atoms with Crippen molar-refractivity contribution < 1.29 is 27.9 Å². The van der Waals surface area contributed by atoms with Crippen molar-refractivity contribution in [2.45, 2.75) is 38.1 Å². The monoisotopic (exact) mass is 610 g/mol. The highest BCUT2D eigenvalue weighted by Gasteiger charge is 2.34. The Morgan fingerprint density at radius 3 is 2.40 bits per heavy atom. The van der Waals surface area contributed by atoms with Crippen LogP contribution in [0.1, 0.15) is 46.1 Å². The van der Waals surface area contributed by atoms with Crippen LogP contribution in [-0.2, 0) is 17.5 Å². The molecule has 0 bridgehead atoms. The van der Waals surface area contributed by atoms with Gasteiger partial charge in [0.25, 0.3) is 5.91 Å². The Morgan fingerprint density at radius 2 is 1.81 bits per heavy atom. The number of piperidine rings is 1. The SMILES string of the molecule is CNCc1cc2cc(-c3ccc(C(=O)N4CCC(C)(O)CC4)cc3)cc(C(F)(F)F)c2s1.Nc1ccc(/C=C/C=O)cn1. The molecule has 43 heavy (non-hydrogen) atoms. The van der Waals surface area contributed by atoms with E-state index in [-0.39, 0.29) is 10.6 Å². The number of pyridine rings is 1. The lowest BCUT2D eigenvalue weighted by Gasteiger charge is -2.35. The van der Waals surface area contributed by atoms with Crippen molar-refractivity contribution in [1.29, 1.82) is 0 Å². The van der Waals surface area contributed by atoms with Crippen molar-refractivity contribution in [2.75, 3.05) is 25.9 Å². The average Bonchev–Trinajstić information content (AvgIpc) is 3.38. The number of nitrogen functional groups attached to an aromatic ring is 1. The topological polar surface area (TPSA) is 109 Å². The van der Waals surface area contributed by atoms with Gasteiger partial charge in [-0.1, -0.05) is 18.2 Å². The van der Waals surface area contributed by atoms with Crippen molar-refractivity contribution in [3.8, 4) is 11.1 Å². The predicted molar refractivity (Wildman–Crippen MR) is 165 cm³/mol. The predicted octanol–water partition coefficient (Wildman–Crippen LogP) is 6.17. The molecule has 1 aliphatic heterocycles. The molecule has 2 aromatic carbocycles. The molecule has 226 valence electrons. The van der Waals surface area contributed by atoms with Crippen molar-refractivity contribution in [3.05, 3.63) is 88.4 Å². The van der Waals surface area contributed by atoms with Crippen molar-refractivity contribution >= 4 is 45.5 Å². The number of aromatic nitrogens is 1. The largest absolute Gasteiger partial charge is 0.417 e. The maximum atomic E-state index is 13.8. The number of hydrogen-bond donors (Lipinski definition) is 3. The molecular formula is C32H33F3N4O3S. The minimum atomic E-state index is -4.46. The van der Waals surface area contributed by atoms with E-state index < -0.39 is 17.3 Å². The van der Waals surface area contributed by atoms with Crippen molar-refractivity contribution in [1.82, 2.24) is 15.2 Å². The van der Waals surface area contributed by atoms with E-state index in [0.29, 0.717) is 60.4 Å². The van der Waals surface area contributed by atoms with Gasteiger partial charge in [-0.25, -0.2) is 4.98 Å². The number of alkyl halides is 3. The molecule has 0 radical (unpaired) electrons. The average molecular weight is 611 g/mol. The van der Waals surface area contributed by atoms with E-state index in [4.69, 9.17) is 5.73 Å². The molecule has 7 nitrogen and oxygen atoms in total. The lowest BCUT2D eigenvalue weighted by Crippen LogP contribution is -2.45. The number of nitrogens with zero attached hydrogens (tertiary/aromatic N) is 2. The third kappa shape index (κ3) is 8.28. The second kappa shape index (κ2) is 13.5. The van der Waals surface area contributed by atoms with Crippen LogP contribution in [0.3, 0.4) is 0 Å². The fourth-order valence-electron chi connectivity index (χ4n) is 4.69. The fraction of sp³-hybridized carbons (Fsp3) is 0.281. The molecule has 4 N–H and O–H groups in total. The van der Waals surface area contributed by atoms with Gasteiger partial charge in [-0.2, -0.15) is 13.2 Å². The van der Waals surface area contributed by atoms with Gasteiger partial charge in [0.1, 0.15) is 12.1 Å². The van der Waals surface area contributed by atoms with E-state index in [1.165, 1.54) is 12.1 Å². The van der Waals surface area contributed by atoms with Crippen LogP contribution in [0.2, 0.25) is 0 Å². The Balaban J connectivity index is 0.000000324. The van der Waals surface area contributed by atoms with E-state index >= 15 is 0 Å². The van der Waals surface area contributed by atoms with Gasteiger partial charge in [0.2, 0.25) is 0 Å². The normalized spacial score (nSPS) is 14.9. The van der Waals surface area contributed by atoms with Gasteiger partial charge in [-0.15, -0.1) is 11.3 Å². The molecule has 0 atom stereocenters. The molecular weight excluding hydrogens is 577 g/mol. The number of nitrogens with one attached hydrogen (secondary N) is 1. The lowest BCUT2D eigenvalue weighted by atomic mass is 9.93. The van der Waals surface area contributed by atoms with Gasteiger partial charge in [-0.3, -0.25) is 9.59 Å². The van der Waals surface area contributed by atoms with Gasteiger partial charge in [0.15, 0.2) is 0 Å². The second-order valence-corrected chi connectivity index (χ2v) is 11.7. The molecule has 0 spiro atoms. The van der Waals surface area contributed by atoms with Gasteiger partial charge < -0.3 is 21.1 Å². The molecule has 1 aliphatic rings. The Labute approximate surface area is 251 Å². The number of benzene rings is 2. The molecule has 0 aliphatic carbocycles. The summed E-state index contributed by atoms with van der Waals surface area (Å²) in [7, 11) is 1.76. The summed E-state index contributed by atoms with van der Waals surface area (Å²) in [6.07, 6.45) is 1.99. The van der Waals surface area contributed by atoms with Crippen LogP contribution in [0.25, 0.3) is 27.3 Å². The molecule has 1 fully saturated rings. The molecule has 4 aromatic rings.